The molecule has 1 fully saturated rings. The second-order valence-electron chi connectivity index (χ2n) is 6.42. The molecule has 0 radical (unpaired) electrons. The van der Waals surface area contributed by atoms with E-state index in [1.807, 2.05) is 47.3 Å². The quantitative estimate of drug-likeness (QED) is 0.754. The Kier molecular flexibility index (Phi) is 4.29. The van der Waals surface area contributed by atoms with Gasteiger partial charge in [0.25, 0.3) is 0 Å². The number of carbonyl (C=O) groups excluding carboxylic acids is 1. The third kappa shape index (κ3) is 3.76. The number of aromatic nitrogens is 3. The van der Waals surface area contributed by atoms with Crippen LogP contribution in [0.15, 0.2) is 67.1 Å². The van der Waals surface area contributed by atoms with Gasteiger partial charge in [0.05, 0.1) is 0 Å². The van der Waals surface area contributed by atoms with E-state index in [1.165, 1.54) is 11.1 Å². The molecule has 4 rings (SSSR count). The van der Waals surface area contributed by atoms with Gasteiger partial charge in [0, 0.05) is 37.1 Å². The van der Waals surface area contributed by atoms with Gasteiger partial charge in [-0.25, -0.2) is 0 Å². The van der Waals surface area contributed by atoms with Crippen molar-refractivity contribution in [1.29, 1.82) is 0 Å². The molecule has 2 heterocycles. The number of rotatable bonds is 6. The van der Waals surface area contributed by atoms with Crippen molar-refractivity contribution in [3.8, 4) is 0 Å². The van der Waals surface area contributed by atoms with Crippen LogP contribution in [0.2, 0.25) is 0 Å². The summed E-state index contributed by atoms with van der Waals surface area (Å²) in [4.78, 5) is 16.4. The first-order chi connectivity index (χ1) is 12.3. The summed E-state index contributed by atoms with van der Waals surface area (Å²) in [5.41, 5.74) is 2.46. The molecular weight excluding hydrogens is 312 g/mol. The van der Waals surface area contributed by atoms with Gasteiger partial charge >= 0.3 is 0 Å². The number of nitrogens with one attached hydrogen (secondary N) is 1. The second kappa shape index (κ2) is 6.89. The predicted octanol–water partition coefficient (Wildman–Crippen LogP) is 3.26. The lowest BCUT2D eigenvalue weighted by Gasteiger charge is -2.03. The minimum atomic E-state index is 0.0596. The molecule has 0 bridgehead atoms. The van der Waals surface area contributed by atoms with Gasteiger partial charge < -0.3 is 5.32 Å². The van der Waals surface area contributed by atoms with Crippen LogP contribution in [0.1, 0.15) is 23.5 Å². The first kappa shape index (κ1) is 15.6. The fourth-order valence-electron chi connectivity index (χ4n) is 3.12. The highest BCUT2D eigenvalue weighted by Crippen LogP contribution is 2.47. The van der Waals surface area contributed by atoms with Crippen LogP contribution in [-0.2, 0) is 17.8 Å². The number of hydrogen-bond acceptors (Lipinski definition) is 3. The topological polar surface area (TPSA) is 59.8 Å². The molecule has 1 N–H and O–H groups in total. The van der Waals surface area contributed by atoms with Crippen molar-refractivity contribution in [2.24, 2.45) is 5.92 Å². The van der Waals surface area contributed by atoms with Crippen molar-refractivity contribution in [2.75, 3.05) is 5.32 Å². The third-order valence-electron chi connectivity index (χ3n) is 4.63. The van der Waals surface area contributed by atoms with Crippen molar-refractivity contribution in [2.45, 2.75) is 25.3 Å². The third-order valence-corrected chi connectivity index (χ3v) is 4.63. The molecule has 0 aliphatic heterocycles. The van der Waals surface area contributed by atoms with Crippen molar-refractivity contribution >= 4 is 11.7 Å². The molecule has 2 atom stereocenters. The molecule has 1 aromatic carbocycles. The van der Waals surface area contributed by atoms with E-state index in [9.17, 15) is 4.79 Å². The lowest BCUT2D eigenvalue weighted by molar-refractivity contribution is -0.117. The summed E-state index contributed by atoms with van der Waals surface area (Å²) in [6, 6.07) is 16.1. The molecule has 1 aliphatic rings. The van der Waals surface area contributed by atoms with Crippen LogP contribution < -0.4 is 5.32 Å². The van der Waals surface area contributed by atoms with Crippen LogP contribution in [0, 0.1) is 5.92 Å². The molecule has 5 nitrogen and oxygen atoms in total. The maximum absolute atomic E-state index is 12.4. The monoisotopic (exact) mass is 332 g/mol. The van der Waals surface area contributed by atoms with Crippen LogP contribution in [-0.4, -0.2) is 20.7 Å². The smallest absolute Gasteiger partial charge is 0.229 e. The molecule has 1 saturated carbocycles. The van der Waals surface area contributed by atoms with Gasteiger partial charge in [-0.1, -0.05) is 30.3 Å². The summed E-state index contributed by atoms with van der Waals surface area (Å²) >= 11 is 0. The van der Waals surface area contributed by atoms with Crippen LogP contribution in [0.5, 0.6) is 0 Å². The number of carbonyl (C=O) groups is 1. The normalized spacial score (nSPS) is 18.7. The van der Waals surface area contributed by atoms with Crippen LogP contribution in [0.3, 0.4) is 0 Å². The van der Waals surface area contributed by atoms with E-state index in [0.29, 0.717) is 11.7 Å². The Balaban J connectivity index is 1.30. The molecule has 25 heavy (non-hydrogen) atoms. The largest absolute Gasteiger partial charge is 0.309 e. The van der Waals surface area contributed by atoms with Gasteiger partial charge in [0.1, 0.15) is 0 Å². The highest BCUT2D eigenvalue weighted by molar-refractivity contribution is 5.94. The predicted molar refractivity (Wildman–Crippen MR) is 96.1 cm³/mol. The van der Waals surface area contributed by atoms with E-state index >= 15 is 0 Å². The molecule has 0 spiro atoms. The molecule has 0 unspecified atom stereocenters. The standard InChI is InChI=1S/C20H20N4O/c25-20(18-14-17(18)16-4-2-1-3-5-16)22-19-9-13-24(23-19)12-8-15-6-10-21-11-7-15/h1-7,9-11,13,17-18H,8,12,14H2,(H,22,23,25)/t17-,18-/m1/s1. The Morgan fingerprint density at radius 1 is 1.12 bits per heavy atom. The van der Waals surface area contributed by atoms with Gasteiger partial charge in [0.2, 0.25) is 5.91 Å². The average Bonchev–Trinajstić information content (AvgIpc) is 3.35. The average molecular weight is 332 g/mol. The molecule has 126 valence electrons. The minimum Gasteiger partial charge on any atom is -0.309 e. The summed E-state index contributed by atoms with van der Waals surface area (Å²) in [5, 5.41) is 7.38. The Morgan fingerprint density at radius 2 is 1.92 bits per heavy atom. The number of nitrogens with zero attached hydrogens (tertiary/aromatic N) is 3. The molecule has 1 amide bonds. The van der Waals surface area contributed by atoms with Gasteiger partial charge in [-0.15, -0.1) is 0 Å². The first-order valence-electron chi connectivity index (χ1n) is 8.58. The van der Waals surface area contributed by atoms with Crippen LogP contribution in [0.25, 0.3) is 0 Å². The molecule has 5 heteroatoms. The zero-order valence-electron chi connectivity index (χ0n) is 13.9. The van der Waals surface area contributed by atoms with Crippen molar-refractivity contribution in [3.63, 3.8) is 0 Å². The molecule has 2 aromatic heterocycles. The number of hydrogen-bond donors (Lipinski definition) is 1. The number of amides is 1. The molecular formula is C20H20N4O. The SMILES string of the molecule is O=C(Nc1ccn(CCc2ccncc2)n1)[C@@H]1C[C@@H]1c1ccccc1. The molecule has 3 aromatic rings. The van der Waals surface area contributed by atoms with Gasteiger partial charge in [-0.3, -0.25) is 14.5 Å². The van der Waals surface area contributed by atoms with E-state index in [4.69, 9.17) is 0 Å². The maximum atomic E-state index is 12.4. The first-order valence-corrected chi connectivity index (χ1v) is 8.58. The zero-order chi connectivity index (χ0) is 17.1. The van der Waals surface area contributed by atoms with E-state index < -0.39 is 0 Å². The second-order valence-corrected chi connectivity index (χ2v) is 6.42. The van der Waals surface area contributed by atoms with E-state index in [-0.39, 0.29) is 11.8 Å². The van der Waals surface area contributed by atoms with Gasteiger partial charge in [0.15, 0.2) is 5.82 Å². The maximum Gasteiger partial charge on any atom is 0.229 e. The lowest BCUT2D eigenvalue weighted by Crippen LogP contribution is -2.15. The Morgan fingerprint density at radius 3 is 2.72 bits per heavy atom. The van der Waals surface area contributed by atoms with E-state index in [0.717, 1.165) is 19.4 Å². The minimum absolute atomic E-state index is 0.0596. The highest BCUT2D eigenvalue weighted by atomic mass is 16.2. The Bertz CT molecular complexity index is 844. The van der Waals surface area contributed by atoms with Gasteiger partial charge in [-0.2, -0.15) is 5.10 Å². The van der Waals surface area contributed by atoms with Gasteiger partial charge in [-0.05, 0) is 42.0 Å². The summed E-state index contributed by atoms with van der Waals surface area (Å²) in [7, 11) is 0. The fraction of sp³-hybridized carbons (Fsp3) is 0.250. The molecule has 1 aliphatic carbocycles. The highest BCUT2D eigenvalue weighted by Gasteiger charge is 2.43. The summed E-state index contributed by atoms with van der Waals surface area (Å²) in [6.45, 7) is 0.774. The van der Waals surface area contributed by atoms with Crippen LogP contribution >= 0.6 is 0 Å². The van der Waals surface area contributed by atoms with Crippen molar-refractivity contribution in [3.05, 3.63) is 78.2 Å². The summed E-state index contributed by atoms with van der Waals surface area (Å²) in [5.74, 6) is 1.09. The number of benzene rings is 1. The number of pyridine rings is 1. The van der Waals surface area contributed by atoms with E-state index in [1.54, 1.807) is 12.4 Å². The number of anilines is 1. The Labute approximate surface area is 146 Å². The van der Waals surface area contributed by atoms with Crippen molar-refractivity contribution in [1.82, 2.24) is 14.8 Å². The Hall–Kier alpha value is -2.95. The zero-order valence-corrected chi connectivity index (χ0v) is 13.9. The molecule has 0 saturated heterocycles. The summed E-state index contributed by atoms with van der Waals surface area (Å²) < 4.78 is 1.86. The van der Waals surface area contributed by atoms with Crippen molar-refractivity contribution < 1.29 is 4.79 Å². The lowest BCUT2D eigenvalue weighted by atomic mass is 10.1. The number of aryl methyl sites for hydroxylation is 2. The van der Waals surface area contributed by atoms with Crippen LogP contribution in [0.4, 0.5) is 5.82 Å². The van der Waals surface area contributed by atoms with E-state index in [2.05, 4.69) is 27.5 Å². The summed E-state index contributed by atoms with van der Waals surface area (Å²) in [6.07, 6.45) is 7.29. The fourth-order valence-corrected chi connectivity index (χ4v) is 3.12.